The maximum absolute atomic E-state index is 11.3. The average molecular weight is 393 g/mol. The van der Waals surface area contributed by atoms with Gasteiger partial charge in [0, 0.05) is 46.2 Å². The molecule has 7 heteroatoms. The Balaban J connectivity index is 2.03. The van der Waals surface area contributed by atoms with Gasteiger partial charge in [-0.05, 0) is 17.7 Å². The molecule has 0 spiro atoms. The molecule has 150 valence electrons. The first-order valence-corrected chi connectivity index (χ1v) is 9.41. The second-order valence-electron chi connectivity index (χ2n) is 6.68. The van der Waals surface area contributed by atoms with Crippen LogP contribution in [-0.2, 0) is 11.3 Å². The van der Waals surface area contributed by atoms with Gasteiger partial charge in [-0.2, -0.15) is 0 Å². The molecule has 0 aliphatic rings. The lowest BCUT2D eigenvalue weighted by Gasteiger charge is -2.23. The van der Waals surface area contributed by atoms with Gasteiger partial charge < -0.3 is 30.4 Å². The minimum absolute atomic E-state index is 0.0341. The van der Waals surface area contributed by atoms with Crippen LogP contribution >= 0.6 is 0 Å². The van der Waals surface area contributed by atoms with Crippen molar-refractivity contribution in [2.45, 2.75) is 12.6 Å². The zero-order valence-corrected chi connectivity index (χ0v) is 15.8. The standard InChI is InChI=1S/C22H23N3O4/c23-13-28-11-15-12-29-22-17-4-2-1-3-16(17)21(27)19(18(15)22)20(25-9-10-26)14-5-7-24-8-6-14/h1-8,12,20,25-27H,9-11,13,23H2. The number of fused-ring (bicyclic) bond motifs is 3. The van der Waals surface area contributed by atoms with Crippen LogP contribution in [-0.4, -0.2) is 35.1 Å². The number of aliphatic hydroxyl groups excluding tert-OH is 1. The van der Waals surface area contributed by atoms with E-state index in [4.69, 9.17) is 14.9 Å². The number of phenols is 1. The van der Waals surface area contributed by atoms with Crippen LogP contribution in [0.4, 0.5) is 0 Å². The van der Waals surface area contributed by atoms with Crippen molar-refractivity contribution in [3.63, 3.8) is 0 Å². The monoisotopic (exact) mass is 393 g/mol. The van der Waals surface area contributed by atoms with Crippen molar-refractivity contribution in [2.24, 2.45) is 5.73 Å². The third kappa shape index (κ3) is 3.56. The molecule has 0 aliphatic heterocycles. The summed E-state index contributed by atoms with van der Waals surface area (Å²) in [5, 5.41) is 26.3. The molecule has 2 aromatic heterocycles. The Labute approximate surface area is 167 Å². The number of aliphatic hydroxyl groups is 1. The summed E-state index contributed by atoms with van der Waals surface area (Å²) < 4.78 is 11.3. The Hall–Kier alpha value is -2.97. The number of nitrogens with zero attached hydrogens (tertiary/aromatic N) is 1. The molecule has 4 aromatic rings. The smallest absolute Gasteiger partial charge is 0.142 e. The van der Waals surface area contributed by atoms with Crippen LogP contribution in [0.3, 0.4) is 0 Å². The molecule has 0 bridgehead atoms. The third-order valence-corrected chi connectivity index (χ3v) is 4.98. The van der Waals surface area contributed by atoms with Crippen LogP contribution < -0.4 is 11.1 Å². The zero-order chi connectivity index (χ0) is 20.2. The first kappa shape index (κ1) is 19.4. The Kier molecular flexibility index (Phi) is 5.73. The molecule has 4 rings (SSSR count). The van der Waals surface area contributed by atoms with Gasteiger partial charge in [-0.15, -0.1) is 0 Å². The fraction of sp³-hybridized carbons (Fsp3) is 0.227. The number of aromatic nitrogens is 1. The predicted molar refractivity (Wildman–Crippen MR) is 110 cm³/mol. The van der Waals surface area contributed by atoms with Crippen molar-refractivity contribution in [2.75, 3.05) is 19.9 Å². The SMILES string of the molecule is NCOCc1coc2c1c(C(NCCO)c1ccncc1)c(O)c1ccccc12. The van der Waals surface area contributed by atoms with Crippen LogP contribution in [0.2, 0.25) is 0 Å². The van der Waals surface area contributed by atoms with Gasteiger partial charge in [-0.25, -0.2) is 0 Å². The molecule has 2 aromatic carbocycles. The zero-order valence-electron chi connectivity index (χ0n) is 15.8. The second-order valence-corrected chi connectivity index (χ2v) is 6.68. The quantitative estimate of drug-likeness (QED) is 0.340. The molecular weight excluding hydrogens is 370 g/mol. The molecule has 0 saturated carbocycles. The van der Waals surface area contributed by atoms with E-state index in [1.165, 1.54) is 0 Å². The fourth-order valence-electron chi connectivity index (χ4n) is 3.75. The molecule has 1 unspecified atom stereocenters. The van der Waals surface area contributed by atoms with Crippen LogP contribution in [0.5, 0.6) is 5.75 Å². The van der Waals surface area contributed by atoms with Crippen molar-refractivity contribution in [3.8, 4) is 5.75 Å². The molecule has 5 N–H and O–H groups in total. The largest absolute Gasteiger partial charge is 0.507 e. The van der Waals surface area contributed by atoms with Crippen LogP contribution in [0.1, 0.15) is 22.7 Å². The number of phenolic OH excluding ortho intramolecular Hbond substituents is 1. The highest BCUT2D eigenvalue weighted by Crippen LogP contribution is 2.44. The number of pyridine rings is 1. The molecule has 0 fully saturated rings. The van der Waals surface area contributed by atoms with E-state index in [9.17, 15) is 10.2 Å². The van der Waals surface area contributed by atoms with E-state index in [1.807, 2.05) is 36.4 Å². The molecule has 2 heterocycles. The highest BCUT2D eigenvalue weighted by atomic mass is 16.5. The van der Waals surface area contributed by atoms with Crippen LogP contribution in [0, 0.1) is 0 Å². The maximum Gasteiger partial charge on any atom is 0.142 e. The van der Waals surface area contributed by atoms with Gasteiger partial charge in [0.2, 0.25) is 0 Å². The Bertz CT molecular complexity index is 1110. The van der Waals surface area contributed by atoms with E-state index < -0.39 is 0 Å². The van der Waals surface area contributed by atoms with Crippen LogP contribution in [0.15, 0.2) is 59.5 Å². The number of hydrogen-bond donors (Lipinski definition) is 4. The minimum Gasteiger partial charge on any atom is -0.507 e. The summed E-state index contributed by atoms with van der Waals surface area (Å²) in [4.78, 5) is 4.09. The van der Waals surface area contributed by atoms with Crippen molar-refractivity contribution in [1.82, 2.24) is 10.3 Å². The van der Waals surface area contributed by atoms with Crippen molar-refractivity contribution in [3.05, 3.63) is 71.7 Å². The van der Waals surface area contributed by atoms with Gasteiger partial charge in [0.05, 0.1) is 32.2 Å². The van der Waals surface area contributed by atoms with Gasteiger partial charge >= 0.3 is 0 Å². The Morgan fingerprint density at radius 3 is 2.62 bits per heavy atom. The topological polar surface area (TPSA) is 114 Å². The highest BCUT2D eigenvalue weighted by Gasteiger charge is 2.26. The summed E-state index contributed by atoms with van der Waals surface area (Å²) in [5.41, 5.74) is 8.57. The molecule has 0 saturated heterocycles. The molecule has 7 nitrogen and oxygen atoms in total. The first-order valence-electron chi connectivity index (χ1n) is 9.41. The summed E-state index contributed by atoms with van der Waals surface area (Å²) in [7, 11) is 0. The number of aromatic hydroxyl groups is 1. The normalized spacial score (nSPS) is 12.6. The van der Waals surface area contributed by atoms with Crippen molar-refractivity contribution in [1.29, 1.82) is 0 Å². The molecule has 0 amide bonds. The lowest BCUT2D eigenvalue weighted by molar-refractivity contribution is 0.128. The van der Waals surface area contributed by atoms with Gasteiger partial charge in [0.15, 0.2) is 0 Å². The van der Waals surface area contributed by atoms with Crippen LogP contribution in [0.25, 0.3) is 21.7 Å². The average Bonchev–Trinajstić information content (AvgIpc) is 3.19. The van der Waals surface area contributed by atoms with Crippen molar-refractivity contribution < 1.29 is 19.4 Å². The fourth-order valence-corrected chi connectivity index (χ4v) is 3.75. The van der Waals surface area contributed by atoms with E-state index in [2.05, 4.69) is 10.3 Å². The van der Waals surface area contributed by atoms with Gasteiger partial charge in [-0.3, -0.25) is 4.98 Å². The lowest BCUT2D eigenvalue weighted by Crippen LogP contribution is -2.26. The van der Waals surface area contributed by atoms with E-state index in [0.29, 0.717) is 23.1 Å². The molecule has 0 aliphatic carbocycles. The minimum atomic E-state index is -0.383. The number of ether oxygens (including phenoxy) is 1. The summed E-state index contributed by atoms with van der Waals surface area (Å²) in [5.74, 6) is 0.163. The number of rotatable bonds is 8. The van der Waals surface area contributed by atoms with Gasteiger partial charge in [0.1, 0.15) is 11.3 Å². The number of nitrogens with one attached hydrogen (secondary N) is 1. The lowest BCUT2D eigenvalue weighted by atomic mass is 9.90. The summed E-state index contributed by atoms with van der Waals surface area (Å²) in [6.45, 7) is 0.663. The predicted octanol–water partition coefficient (Wildman–Crippen LogP) is 2.79. The second kappa shape index (κ2) is 8.59. The summed E-state index contributed by atoms with van der Waals surface area (Å²) >= 11 is 0. The first-order chi connectivity index (χ1) is 14.3. The Morgan fingerprint density at radius 2 is 1.90 bits per heavy atom. The van der Waals surface area contributed by atoms with Crippen molar-refractivity contribution >= 4 is 21.7 Å². The number of hydrogen-bond acceptors (Lipinski definition) is 7. The number of nitrogens with two attached hydrogens (primary N) is 1. The third-order valence-electron chi connectivity index (χ3n) is 4.98. The molecular formula is C22H23N3O4. The molecule has 29 heavy (non-hydrogen) atoms. The molecule has 1 atom stereocenters. The summed E-state index contributed by atoms with van der Waals surface area (Å²) in [6, 6.07) is 10.9. The van der Waals surface area contributed by atoms with E-state index >= 15 is 0 Å². The number of benzene rings is 2. The molecule has 0 radical (unpaired) electrons. The van der Waals surface area contributed by atoms with Gasteiger partial charge in [0.25, 0.3) is 0 Å². The summed E-state index contributed by atoms with van der Waals surface area (Å²) in [6.07, 6.45) is 5.05. The Morgan fingerprint density at radius 1 is 1.14 bits per heavy atom. The highest BCUT2D eigenvalue weighted by molar-refractivity contribution is 6.10. The number of furan rings is 1. The van der Waals surface area contributed by atoms with Gasteiger partial charge in [-0.1, -0.05) is 24.3 Å². The maximum atomic E-state index is 11.3. The van der Waals surface area contributed by atoms with E-state index in [-0.39, 0.29) is 31.7 Å². The van der Waals surface area contributed by atoms with E-state index in [0.717, 1.165) is 21.9 Å². The van der Waals surface area contributed by atoms with E-state index in [1.54, 1.807) is 18.7 Å².